The number of rotatable bonds is 6. The minimum Gasteiger partial charge on any atom is -0.393 e. The zero-order valence-corrected chi connectivity index (χ0v) is 9.50. The molecule has 0 aliphatic carbocycles. The molecule has 96 valence electrons. The van der Waals surface area contributed by atoms with Crippen molar-refractivity contribution in [2.75, 3.05) is 6.61 Å². The molecule has 0 aliphatic heterocycles. The Morgan fingerprint density at radius 2 is 1.82 bits per heavy atom. The maximum absolute atomic E-state index is 11.1. The fourth-order valence-corrected chi connectivity index (χ4v) is 0.625. The maximum atomic E-state index is 11.1. The van der Waals surface area contributed by atoms with Gasteiger partial charge >= 0.3 is 11.9 Å². The van der Waals surface area contributed by atoms with Gasteiger partial charge in [-0.05, 0) is 19.9 Å². The first-order chi connectivity index (χ1) is 7.88. The highest BCUT2D eigenvalue weighted by Crippen LogP contribution is 2.01. The second-order valence-corrected chi connectivity index (χ2v) is 3.19. The summed E-state index contributed by atoms with van der Waals surface area (Å²) in [6, 6.07) is 0. The van der Waals surface area contributed by atoms with Gasteiger partial charge in [0.25, 0.3) is 0 Å². The van der Waals surface area contributed by atoms with Crippen LogP contribution >= 0.6 is 0 Å². The highest BCUT2D eigenvalue weighted by Gasteiger charge is 2.12. The lowest BCUT2D eigenvalue weighted by molar-refractivity contribution is -0.456. The summed E-state index contributed by atoms with van der Waals surface area (Å²) in [5, 5.41) is 21.4. The molecule has 0 aromatic carbocycles. The number of aliphatic hydroxyl groups excluding tert-OH is 2. The van der Waals surface area contributed by atoms with Gasteiger partial charge in [0.05, 0.1) is 12.7 Å². The van der Waals surface area contributed by atoms with E-state index in [2.05, 4.69) is 21.4 Å². The highest BCUT2D eigenvalue weighted by molar-refractivity contribution is 5.88. The smallest absolute Gasteiger partial charge is 0.372 e. The van der Waals surface area contributed by atoms with E-state index < -0.39 is 24.6 Å². The van der Waals surface area contributed by atoms with E-state index >= 15 is 0 Å². The van der Waals surface area contributed by atoms with Crippen LogP contribution in [-0.2, 0) is 24.4 Å². The molecular formula is C10H14O7. The molecule has 0 aliphatic rings. The Morgan fingerprint density at radius 3 is 2.29 bits per heavy atom. The Morgan fingerprint density at radius 1 is 1.29 bits per heavy atom. The van der Waals surface area contributed by atoms with E-state index in [0.29, 0.717) is 0 Å². The van der Waals surface area contributed by atoms with Crippen molar-refractivity contribution in [1.29, 1.82) is 0 Å². The molecule has 0 bridgehead atoms. The van der Waals surface area contributed by atoms with Crippen LogP contribution in [0, 0.1) is 0 Å². The van der Waals surface area contributed by atoms with Gasteiger partial charge in [-0.2, -0.15) is 0 Å². The third-order valence-electron chi connectivity index (χ3n) is 1.52. The molecule has 0 rings (SSSR count). The van der Waals surface area contributed by atoms with E-state index in [4.69, 9.17) is 10.2 Å². The Balaban J connectivity index is 4.07. The maximum Gasteiger partial charge on any atom is 0.372 e. The highest BCUT2D eigenvalue weighted by atomic mass is 17.5. The molecule has 7 heteroatoms. The largest absolute Gasteiger partial charge is 0.393 e. The van der Waals surface area contributed by atoms with Crippen LogP contribution < -0.4 is 0 Å². The van der Waals surface area contributed by atoms with Crippen LogP contribution in [0.1, 0.15) is 13.8 Å². The van der Waals surface area contributed by atoms with Crippen molar-refractivity contribution in [2.45, 2.75) is 20.0 Å². The number of aliphatic hydroxyl groups is 2. The van der Waals surface area contributed by atoms with Crippen molar-refractivity contribution in [3.63, 3.8) is 0 Å². The Labute approximate surface area is 97.8 Å². The van der Waals surface area contributed by atoms with E-state index in [-0.39, 0.29) is 11.1 Å². The van der Waals surface area contributed by atoms with Gasteiger partial charge < -0.3 is 10.2 Å². The van der Waals surface area contributed by atoms with Gasteiger partial charge in [0.1, 0.15) is 0 Å². The molecule has 0 fully saturated rings. The zero-order chi connectivity index (χ0) is 13.4. The summed E-state index contributed by atoms with van der Waals surface area (Å²) >= 11 is 0. The fourth-order valence-electron chi connectivity index (χ4n) is 0.625. The van der Waals surface area contributed by atoms with E-state index in [1.165, 1.54) is 13.8 Å². The minimum atomic E-state index is -1.18. The number of hydrogen-bond donors (Lipinski definition) is 2. The van der Waals surface area contributed by atoms with Crippen LogP contribution in [0.25, 0.3) is 0 Å². The van der Waals surface area contributed by atoms with Crippen LogP contribution in [-0.4, -0.2) is 34.9 Å². The predicted octanol–water partition coefficient (Wildman–Crippen LogP) is -0.205. The Bertz CT molecular complexity index is 332. The van der Waals surface area contributed by atoms with Crippen molar-refractivity contribution in [3.8, 4) is 0 Å². The molecule has 1 atom stereocenters. The van der Waals surface area contributed by atoms with Crippen molar-refractivity contribution in [2.24, 2.45) is 0 Å². The van der Waals surface area contributed by atoms with Crippen LogP contribution in [0.2, 0.25) is 0 Å². The topological polar surface area (TPSA) is 102 Å². The molecule has 0 saturated carbocycles. The van der Waals surface area contributed by atoms with E-state index in [0.717, 1.165) is 6.08 Å². The first kappa shape index (κ1) is 15.3. The Kier molecular flexibility index (Phi) is 6.80. The molecule has 0 spiro atoms. The van der Waals surface area contributed by atoms with Crippen LogP contribution in [0.3, 0.4) is 0 Å². The molecule has 0 aromatic rings. The molecule has 0 amide bonds. The van der Waals surface area contributed by atoms with Crippen molar-refractivity contribution >= 4 is 11.9 Å². The predicted molar refractivity (Wildman–Crippen MR) is 54.9 cm³/mol. The average molecular weight is 246 g/mol. The van der Waals surface area contributed by atoms with E-state index in [9.17, 15) is 9.59 Å². The molecule has 0 aromatic heterocycles. The van der Waals surface area contributed by atoms with Gasteiger partial charge in [-0.25, -0.2) is 9.59 Å². The van der Waals surface area contributed by atoms with Gasteiger partial charge in [-0.1, -0.05) is 6.58 Å². The summed E-state index contributed by atoms with van der Waals surface area (Å²) in [7, 11) is 0. The van der Waals surface area contributed by atoms with E-state index in [1.807, 2.05) is 0 Å². The summed E-state index contributed by atoms with van der Waals surface area (Å²) in [6.45, 7) is 5.45. The molecule has 0 heterocycles. The van der Waals surface area contributed by atoms with Crippen LogP contribution in [0.5, 0.6) is 0 Å². The second-order valence-electron chi connectivity index (χ2n) is 3.19. The van der Waals surface area contributed by atoms with Crippen molar-refractivity contribution < 1.29 is 34.6 Å². The third-order valence-corrected chi connectivity index (χ3v) is 1.52. The fraction of sp³-hybridized carbons (Fsp3) is 0.400. The van der Waals surface area contributed by atoms with Crippen LogP contribution in [0.4, 0.5) is 0 Å². The first-order valence-corrected chi connectivity index (χ1v) is 4.61. The zero-order valence-electron chi connectivity index (χ0n) is 9.50. The van der Waals surface area contributed by atoms with Gasteiger partial charge in [0, 0.05) is 16.2 Å². The standard InChI is InChI=1S/C10H14O7/c1-6(2)9(13)15-17-16-10(14)7(3)4-8(12)5-11/h4,8,11-12H,1,5H2,2-3H3/b7-4+. The minimum absolute atomic E-state index is 0.0158. The molecule has 17 heavy (non-hydrogen) atoms. The van der Waals surface area contributed by atoms with Crippen LogP contribution in [0.15, 0.2) is 23.8 Å². The molecule has 0 radical (unpaired) electrons. The van der Waals surface area contributed by atoms with Gasteiger partial charge in [0.2, 0.25) is 0 Å². The number of carbonyl (C=O) groups is 2. The summed E-state index contributed by atoms with van der Waals surface area (Å²) in [6.07, 6.45) is -0.118. The number of carbonyl (C=O) groups excluding carboxylic acids is 2. The summed E-state index contributed by atoms with van der Waals surface area (Å²) < 4.78 is 0. The number of hydrogen-bond acceptors (Lipinski definition) is 7. The molecular weight excluding hydrogens is 232 g/mol. The first-order valence-electron chi connectivity index (χ1n) is 4.61. The molecule has 7 nitrogen and oxygen atoms in total. The molecule has 1 unspecified atom stereocenters. The Hall–Kier alpha value is -1.70. The van der Waals surface area contributed by atoms with Gasteiger partial charge in [-0.3, -0.25) is 9.78 Å². The van der Waals surface area contributed by atoms with Gasteiger partial charge in [0.15, 0.2) is 0 Å². The lowest BCUT2D eigenvalue weighted by Crippen LogP contribution is -2.14. The SMILES string of the molecule is C=C(C)C(=O)OOOC(=O)/C(C)=C/C(O)CO. The normalized spacial score (nSPS) is 12.8. The quantitative estimate of drug-likeness (QED) is 0.380. The van der Waals surface area contributed by atoms with E-state index in [1.54, 1.807) is 0 Å². The second kappa shape index (κ2) is 7.55. The van der Waals surface area contributed by atoms with Gasteiger partial charge in [-0.15, -0.1) is 0 Å². The monoisotopic (exact) mass is 246 g/mol. The molecule has 2 N–H and O–H groups in total. The molecule has 0 saturated heterocycles. The average Bonchev–Trinajstić information content (AvgIpc) is 2.28. The van der Waals surface area contributed by atoms with Crippen molar-refractivity contribution in [1.82, 2.24) is 0 Å². The third kappa shape index (κ3) is 6.46. The summed E-state index contributed by atoms with van der Waals surface area (Å²) in [5.41, 5.74) is 0.0574. The lowest BCUT2D eigenvalue weighted by Gasteiger charge is -2.04. The summed E-state index contributed by atoms with van der Waals surface area (Å²) in [4.78, 5) is 30.0. The lowest BCUT2D eigenvalue weighted by atomic mass is 10.2. The van der Waals surface area contributed by atoms with Crippen molar-refractivity contribution in [3.05, 3.63) is 23.8 Å². The summed E-state index contributed by atoms with van der Waals surface area (Å²) in [5.74, 6) is -1.85.